The van der Waals surface area contributed by atoms with Crippen LogP contribution in [0.1, 0.15) is 10.4 Å². The predicted octanol–water partition coefficient (Wildman–Crippen LogP) is 4.70. The van der Waals surface area contributed by atoms with Gasteiger partial charge in [0.1, 0.15) is 0 Å². The number of anilines is 1. The molecule has 0 aliphatic carbocycles. The first kappa shape index (κ1) is 19.1. The van der Waals surface area contributed by atoms with Crippen LogP contribution < -0.4 is 5.32 Å². The Kier molecular flexibility index (Phi) is 5.09. The zero-order valence-electron chi connectivity index (χ0n) is 15.7. The molecule has 0 fully saturated rings. The van der Waals surface area contributed by atoms with Crippen LogP contribution >= 0.6 is 0 Å². The van der Waals surface area contributed by atoms with E-state index in [0.29, 0.717) is 11.3 Å². The van der Waals surface area contributed by atoms with Crippen molar-refractivity contribution in [1.82, 2.24) is 0 Å². The Morgan fingerprint density at radius 3 is 2.00 bits per heavy atom. The molecule has 0 aromatic heterocycles. The van der Waals surface area contributed by atoms with Gasteiger partial charge in [-0.2, -0.15) is 0 Å². The van der Waals surface area contributed by atoms with Crippen molar-refractivity contribution in [3.63, 3.8) is 0 Å². The smallest absolute Gasteiger partial charge is 0.339 e. The number of hydrogen-bond donors (Lipinski definition) is 1. The lowest BCUT2D eigenvalue weighted by molar-refractivity contribution is -0.384. The average Bonchev–Trinajstić information content (AvgIpc) is 2.76. The Morgan fingerprint density at radius 2 is 1.43 bits per heavy atom. The summed E-state index contributed by atoms with van der Waals surface area (Å²) in [6.07, 6.45) is 0. The van der Waals surface area contributed by atoms with Crippen molar-refractivity contribution in [3.8, 4) is 0 Å². The monoisotopic (exact) mass is 400 g/mol. The quantitative estimate of drug-likeness (QED) is 0.227. The van der Waals surface area contributed by atoms with Crippen LogP contribution in [0.2, 0.25) is 0 Å². The van der Waals surface area contributed by atoms with Crippen molar-refractivity contribution in [2.45, 2.75) is 0 Å². The van der Waals surface area contributed by atoms with Gasteiger partial charge in [-0.1, -0.05) is 48.5 Å². The lowest BCUT2D eigenvalue weighted by Crippen LogP contribution is -2.21. The lowest BCUT2D eigenvalue weighted by atomic mass is 9.97. The molecule has 1 amide bonds. The van der Waals surface area contributed by atoms with Gasteiger partial charge < -0.3 is 10.1 Å². The highest BCUT2D eigenvalue weighted by Gasteiger charge is 2.17. The molecule has 0 radical (unpaired) electrons. The molecule has 4 aromatic rings. The zero-order chi connectivity index (χ0) is 21.1. The molecular formula is C23H16N2O5. The van der Waals surface area contributed by atoms with E-state index in [9.17, 15) is 19.7 Å². The van der Waals surface area contributed by atoms with Gasteiger partial charge in [-0.25, -0.2) is 4.79 Å². The molecule has 4 aromatic carbocycles. The maximum Gasteiger partial charge on any atom is 0.339 e. The number of benzene rings is 4. The number of amides is 1. The second-order valence-electron chi connectivity index (χ2n) is 6.62. The van der Waals surface area contributed by atoms with Gasteiger partial charge in [-0.15, -0.1) is 0 Å². The summed E-state index contributed by atoms with van der Waals surface area (Å²) in [5, 5.41) is 16.5. The Balaban J connectivity index is 1.53. The van der Waals surface area contributed by atoms with Crippen molar-refractivity contribution < 1.29 is 19.2 Å². The lowest BCUT2D eigenvalue weighted by Gasteiger charge is -2.11. The fourth-order valence-electron chi connectivity index (χ4n) is 3.30. The van der Waals surface area contributed by atoms with E-state index in [2.05, 4.69) is 5.32 Å². The molecule has 0 saturated heterocycles. The van der Waals surface area contributed by atoms with Crippen LogP contribution in [-0.2, 0) is 9.53 Å². The first-order valence-corrected chi connectivity index (χ1v) is 9.15. The summed E-state index contributed by atoms with van der Waals surface area (Å²) in [6.45, 7) is -0.479. The van der Waals surface area contributed by atoms with Crippen LogP contribution in [0.25, 0.3) is 21.5 Å². The topological polar surface area (TPSA) is 98.5 Å². The summed E-state index contributed by atoms with van der Waals surface area (Å²) in [5.41, 5.74) is 0.700. The van der Waals surface area contributed by atoms with E-state index in [0.717, 1.165) is 21.5 Å². The summed E-state index contributed by atoms with van der Waals surface area (Å²) >= 11 is 0. The number of hydrogen-bond acceptors (Lipinski definition) is 5. The molecule has 7 heteroatoms. The number of ether oxygens (including phenoxy) is 1. The van der Waals surface area contributed by atoms with Crippen molar-refractivity contribution >= 4 is 44.8 Å². The molecule has 0 bridgehead atoms. The Labute approximate surface area is 171 Å². The number of nitrogens with zero attached hydrogens (tertiary/aromatic N) is 1. The number of fused-ring (bicyclic) bond motifs is 2. The Morgan fingerprint density at radius 1 is 0.867 bits per heavy atom. The third-order valence-electron chi connectivity index (χ3n) is 4.67. The van der Waals surface area contributed by atoms with Crippen LogP contribution in [0.5, 0.6) is 0 Å². The van der Waals surface area contributed by atoms with E-state index in [-0.39, 0.29) is 5.69 Å². The summed E-state index contributed by atoms with van der Waals surface area (Å²) in [6, 6.07) is 22.4. The molecule has 30 heavy (non-hydrogen) atoms. The first-order chi connectivity index (χ1) is 14.5. The van der Waals surface area contributed by atoms with E-state index >= 15 is 0 Å². The van der Waals surface area contributed by atoms with Crippen molar-refractivity contribution in [2.75, 3.05) is 11.9 Å². The van der Waals surface area contributed by atoms with Gasteiger partial charge in [-0.3, -0.25) is 14.9 Å². The molecule has 0 aliphatic heterocycles. The maximum absolute atomic E-state index is 12.9. The summed E-state index contributed by atoms with van der Waals surface area (Å²) in [7, 11) is 0. The van der Waals surface area contributed by atoms with Gasteiger partial charge in [0.25, 0.3) is 11.6 Å². The van der Waals surface area contributed by atoms with Crippen LogP contribution in [0.4, 0.5) is 11.4 Å². The summed E-state index contributed by atoms with van der Waals surface area (Å²) in [4.78, 5) is 35.2. The molecule has 0 unspecified atom stereocenters. The molecule has 0 spiro atoms. The Hall–Kier alpha value is -4.26. The van der Waals surface area contributed by atoms with Crippen LogP contribution in [-0.4, -0.2) is 23.4 Å². The number of rotatable bonds is 5. The van der Waals surface area contributed by atoms with E-state index in [4.69, 9.17) is 4.74 Å². The molecule has 0 heterocycles. The van der Waals surface area contributed by atoms with E-state index in [1.807, 2.05) is 54.6 Å². The average molecular weight is 400 g/mol. The molecule has 1 N–H and O–H groups in total. The second-order valence-corrected chi connectivity index (χ2v) is 6.62. The number of carbonyl (C=O) groups is 2. The van der Waals surface area contributed by atoms with Gasteiger partial charge in [0.15, 0.2) is 6.61 Å². The van der Waals surface area contributed by atoms with E-state index in [1.54, 1.807) is 0 Å². The summed E-state index contributed by atoms with van der Waals surface area (Å²) < 4.78 is 5.28. The molecule has 0 aliphatic rings. The molecule has 0 atom stereocenters. The van der Waals surface area contributed by atoms with Gasteiger partial charge in [0, 0.05) is 17.8 Å². The van der Waals surface area contributed by atoms with E-state index in [1.165, 1.54) is 24.3 Å². The third-order valence-corrected chi connectivity index (χ3v) is 4.67. The minimum absolute atomic E-state index is 0.0812. The molecule has 148 valence electrons. The van der Waals surface area contributed by atoms with Crippen molar-refractivity contribution in [3.05, 3.63) is 94.5 Å². The third kappa shape index (κ3) is 3.81. The fraction of sp³-hybridized carbons (Fsp3) is 0.0435. The standard InChI is InChI=1S/C23H16N2O5/c26-21(24-17-9-11-18(12-10-17)25(28)29)14-30-23(27)22-19-7-3-1-5-15(19)13-16-6-2-4-8-20(16)22/h1-13H,14H2,(H,24,26). The number of non-ortho nitro benzene ring substituents is 1. The zero-order valence-corrected chi connectivity index (χ0v) is 15.7. The second kappa shape index (κ2) is 8.00. The SMILES string of the molecule is O=C(COC(=O)c1c2ccccc2cc2ccccc12)Nc1ccc([N+](=O)[O-])cc1. The van der Waals surface area contributed by atoms with E-state index < -0.39 is 23.4 Å². The number of nitro groups is 1. The molecule has 0 saturated carbocycles. The van der Waals surface area contributed by atoms with Crippen molar-refractivity contribution in [1.29, 1.82) is 0 Å². The minimum atomic E-state index is -0.596. The first-order valence-electron chi connectivity index (χ1n) is 9.15. The van der Waals surface area contributed by atoms with Gasteiger partial charge in [-0.05, 0) is 39.7 Å². The molecular weight excluding hydrogens is 384 g/mol. The van der Waals surface area contributed by atoms with Crippen LogP contribution in [0.15, 0.2) is 78.9 Å². The molecule has 7 nitrogen and oxygen atoms in total. The van der Waals surface area contributed by atoms with Gasteiger partial charge in [0.05, 0.1) is 10.5 Å². The van der Waals surface area contributed by atoms with Gasteiger partial charge >= 0.3 is 5.97 Å². The maximum atomic E-state index is 12.9. The van der Waals surface area contributed by atoms with Crippen molar-refractivity contribution in [2.24, 2.45) is 0 Å². The highest BCUT2D eigenvalue weighted by atomic mass is 16.6. The summed E-state index contributed by atoms with van der Waals surface area (Å²) in [5.74, 6) is -1.14. The highest BCUT2D eigenvalue weighted by Crippen LogP contribution is 2.29. The Bertz CT molecular complexity index is 1230. The number of esters is 1. The minimum Gasteiger partial charge on any atom is -0.452 e. The normalized spacial score (nSPS) is 10.7. The largest absolute Gasteiger partial charge is 0.452 e. The fourth-order valence-corrected chi connectivity index (χ4v) is 3.30. The highest BCUT2D eigenvalue weighted by molar-refractivity contribution is 6.16. The number of nitrogens with one attached hydrogen (secondary N) is 1. The van der Waals surface area contributed by atoms with Gasteiger partial charge in [0.2, 0.25) is 0 Å². The number of nitro benzene ring substituents is 1. The predicted molar refractivity (Wildman–Crippen MR) is 113 cm³/mol. The van der Waals surface area contributed by atoms with Crippen LogP contribution in [0.3, 0.4) is 0 Å². The number of carbonyl (C=O) groups excluding carboxylic acids is 2. The molecule has 4 rings (SSSR count). The van der Waals surface area contributed by atoms with Crippen LogP contribution in [0, 0.1) is 10.1 Å².